The van der Waals surface area contributed by atoms with E-state index in [1.807, 2.05) is 82.3 Å². The number of aryl methyl sites for hydroxylation is 4. The highest BCUT2D eigenvalue weighted by Crippen LogP contribution is 2.31. The maximum Gasteiger partial charge on any atom is 0.257 e. The van der Waals surface area contributed by atoms with Crippen LogP contribution in [-0.2, 0) is 4.79 Å². The van der Waals surface area contributed by atoms with Crippen LogP contribution in [-0.4, -0.2) is 45.4 Å². The first-order valence-electron chi connectivity index (χ1n) is 14.8. The van der Waals surface area contributed by atoms with Crippen LogP contribution < -0.4 is 21.1 Å². The standard InChI is InChI=1S/C27H25N5O3S.C8H8N2S/c1-14-9-19(35-13-24(33)28-4)10-15(2)25(14)26-31-20-7-5-17(11-21(20)32-26)27(34)30-18-6-8-23-22(12-18)29-16(3)36-23;1-5-10-7-4-6(9)2-3-8(7)11-5/h5-12H,13H2,1-4H3,(H,28,33)(H,30,34)(H,31,32);2-4H,9H2,1H3. The highest BCUT2D eigenvalue weighted by Gasteiger charge is 2.15. The third-order valence-electron chi connectivity index (χ3n) is 7.41. The smallest absolute Gasteiger partial charge is 0.257 e. The highest BCUT2D eigenvalue weighted by molar-refractivity contribution is 7.18. The van der Waals surface area contributed by atoms with Crippen LogP contribution in [0.2, 0.25) is 0 Å². The molecule has 0 saturated heterocycles. The molecule has 0 fully saturated rings. The number of rotatable bonds is 6. The molecule has 0 aliphatic carbocycles. The topological polar surface area (TPSA) is 148 Å². The predicted molar refractivity (Wildman–Crippen MR) is 192 cm³/mol. The molecule has 7 rings (SSSR count). The number of nitrogens with two attached hydrogens (primary N) is 1. The number of imidazole rings is 1. The van der Waals surface area contributed by atoms with E-state index in [0.717, 1.165) is 59.2 Å². The average molecular weight is 664 g/mol. The van der Waals surface area contributed by atoms with Gasteiger partial charge in [0.15, 0.2) is 6.61 Å². The number of likely N-dealkylation sites (N-methyl/N-ethyl adjacent to an activating group) is 1. The minimum Gasteiger partial charge on any atom is -0.484 e. The Kier molecular flexibility index (Phi) is 8.88. The molecule has 0 atom stereocenters. The van der Waals surface area contributed by atoms with Crippen molar-refractivity contribution in [1.82, 2.24) is 25.3 Å². The van der Waals surface area contributed by atoms with Gasteiger partial charge in [0.1, 0.15) is 11.6 Å². The second-order valence-electron chi connectivity index (χ2n) is 11.0. The van der Waals surface area contributed by atoms with Gasteiger partial charge in [-0.2, -0.15) is 0 Å². The van der Waals surface area contributed by atoms with E-state index >= 15 is 0 Å². The van der Waals surface area contributed by atoms with Gasteiger partial charge in [-0.3, -0.25) is 9.59 Å². The van der Waals surface area contributed by atoms with Crippen molar-refractivity contribution in [1.29, 1.82) is 0 Å². The Morgan fingerprint density at radius 3 is 2.15 bits per heavy atom. The monoisotopic (exact) mass is 663 g/mol. The fourth-order valence-electron chi connectivity index (χ4n) is 5.25. The Balaban J connectivity index is 0.000000295. The maximum atomic E-state index is 12.9. The average Bonchev–Trinajstić information content (AvgIpc) is 3.73. The van der Waals surface area contributed by atoms with Crippen LogP contribution in [0.15, 0.2) is 66.7 Å². The summed E-state index contributed by atoms with van der Waals surface area (Å²) in [6.07, 6.45) is 0. The number of carbonyl (C=O) groups excluding carboxylic acids is 2. The molecular weight excluding hydrogens is 631 g/mol. The highest BCUT2D eigenvalue weighted by atomic mass is 32.1. The molecule has 3 aromatic heterocycles. The lowest BCUT2D eigenvalue weighted by Gasteiger charge is -2.11. The molecule has 0 radical (unpaired) electrons. The molecule has 2 amide bonds. The number of nitrogens with one attached hydrogen (secondary N) is 3. The second kappa shape index (κ2) is 13.2. The Labute approximate surface area is 279 Å². The van der Waals surface area contributed by atoms with Crippen LogP contribution >= 0.6 is 22.7 Å². The fraction of sp³-hybridized carbons (Fsp3) is 0.171. The number of anilines is 2. The first-order chi connectivity index (χ1) is 22.6. The molecule has 0 aliphatic heterocycles. The summed E-state index contributed by atoms with van der Waals surface area (Å²) in [5, 5.41) is 7.58. The van der Waals surface area contributed by atoms with Gasteiger partial charge in [0.25, 0.3) is 11.8 Å². The van der Waals surface area contributed by atoms with Gasteiger partial charge >= 0.3 is 0 Å². The predicted octanol–water partition coefficient (Wildman–Crippen LogP) is 7.33. The van der Waals surface area contributed by atoms with E-state index in [4.69, 9.17) is 15.5 Å². The number of hydrogen-bond acceptors (Lipinski definition) is 9. The van der Waals surface area contributed by atoms with Gasteiger partial charge < -0.3 is 26.1 Å². The number of aromatic nitrogens is 4. The summed E-state index contributed by atoms with van der Waals surface area (Å²) in [6, 6.07) is 20.7. The first-order valence-corrected chi connectivity index (χ1v) is 16.5. The van der Waals surface area contributed by atoms with Crippen molar-refractivity contribution in [3.63, 3.8) is 0 Å². The molecule has 0 spiro atoms. The molecule has 5 N–H and O–H groups in total. The number of nitrogens with zero attached hydrogens (tertiary/aromatic N) is 3. The number of carbonyl (C=O) groups is 2. The van der Waals surface area contributed by atoms with Gasteiger partial charge in [-0.05, 0) is 106 Å². The van der Waals surface area contributed by atoms with Crippen LogP contribution in [0.4, 0.5) is 11.4 Å². The normalized spacial score (nSPS) is 11.0. The zero-order valence-electron chi connectivity index (χ0n) is 26.5. The molecule has 238 valence electrons. The quantitative estimate of drug-likeness (QED) is 0.136. The number of fused-ring (bicyclic) bond motifs is 3. The maximum absolute atomic E-state index is 12.9. The van der Waals surface area contributed by atoms with Gasteiger partial charge in [-0.15, -0.1) is 22.7 Å². The van der Waals surface area contributed by atoms with E-state index in [9.17, 15) is 9.59 Å². The summed E-state index contributed by atoms with van der Waals surface area (Å²) in [4.78, 5) is 41.3. The number of H-pyrrole nitrogens is 1. The van der Waals surface area contributed by atoms with Crippen LogP contribution in [0.5, 0.6) is 5.75 Å². The van der Waals surface area contributed by atoms with Crippen molar-refractivity contribution < 1.29 is 14.3 Å². The summed E-state index contributed by atoms with van der Waals surface area (Å²) < 4.78 is 7.89. The zero-order chi connectivity index (χ0) is 33.2. The van der Waals surface area contributed by atoms with E-state index in [1.165, 1.54) is 4.70 Å². The summed E-state index contributed by atoms with van der Waals surface area (Å²) >= 11 is 3.32. The molecule has 0 unspecified atom stereocenters. The van der Waals surface area contributed by atoms with Gasteiger partial charge in [-0.1, -0.05) is 0 Å². The third kappa shape index (κ3) is 7.08. The summed E-state index contributed by atoms with van der Waals surface area (Å²) in [7, 11) is 1.57. The van der Waals surface area contributed by atoms with Crippen LogP contribution in [0, 0.1) is 27.7 Å². The summed E-state index contributed by atoms with van der Waals surface area (Å²) in [5.74, 6) is 0.938. The number of hydrogen-bond donors (Lipinski definition) is 4. The lowest BCUT2D eigenvalue weighted by Crippen LogP contribution is -2.24. The lowest BCUT2D eigenvalue weighted by atomic mass is 10.0. The van der Waals surface area contributed by atoms with E-state index < -0.39 is 0 Å². The molecule has 47 heavy (non-hydrogen) atoms. The van der Waals surface area contributed by atoms with Crippen molar-refractivity contribution in [2.45, 2.75) is 27.7 Å². The van der Waals surface area contributed by atoms with Gasteiger partial charge in [0.05, 0.1) is 41.5 Å². The third-order valence-corrected chi connectivity index (χ3v) is 9.31. The fourth-order valence-corrected chi connectivity index (χ4v) is 6.87. The summed E-state index contributed by atoms with van der Waals surface area (Å²) in [6.45, 7) is 7.88. The minimum atomic E-state index is -0.204. The van der Waals surface area contributed by atoms with Crippen LogP contribution in [0.1, 0.15) is 31.5 Å². The summed E-state index contributed by atoms with van der Waals surface area (Å²) in [5.41, 5.74) is 13.9. The van der Waals surface area contributed by atoms with Gasteiger partial charge in [0.2, 0.25) is 0 Å². The Hall–Kier alpha value is -5.33. The Bertz CT molecular complexity index is 2260. The van der Waals surface area contributed by atoms with Crippen molar-refractivity contribution in [3.8, 4) is 17.1 Å². The molecule has 7 aromatic rings. The number of amides is 2. The minimum absolute atomic E-state index is 0.0402. The molecule has 4 aromatic carbocycles. The molecule has 10 nitrogen and oxygen atoms in total. The van der Waals surface area contributed by atoms with Crippen LogP contribution in [0.3, 0.4) is 0 Å². The SMILES string of the molecule is CNC(=O)COc1cc(C)c(-c2nc3ccc(C(=O)Nc4ccc5sc(C)nc5c4)cc3[nH]2)c(C)c1.Cc1nc2cc(N)ccc2s1. The van der Waals surface area contributed by atoms with E-state index in [0.29, 0.717) is 22.8 Å². The lowest BCUT2D eigenvalue weighted by molar-refractivity contribution is -0.122. The Morgan fingerprint density at radius 1 is 0.809 bits per heavy atom. The number of nitrogen functional groups attached to an aromatic ring is 1. The number of thiazole rings is 2. The molecule has 0 aliphatic rings. The number of ether oxygens (including phenoxy) is 1. The molecule has 0 bridgehead atoms. The van der Waals surface area contributed by atoms with Crippen LogP contribution in [0.25, 0.3) is 42.9 Å². The zero-order valence-corrected chi connectivity index (χ0v) is 28.2. The van der Waals surface area contributed by atoms with Gasteiger partial charge in [-0.25, -0.2) is 15.0 Å². The molecule has 12 heteroatoms. The van der Waals surface area contributed by atoms with Crippen molar-refractivity contribution in [3.05, 3.63) is 93.4 Å². The first kappa shape index (κ1) is 31.6. The molecule has 0 saturated carbocycles. The second-order valence-corrected chi connectivity index (χ2v) is 13.5. The van der Waals surface area contributed by atoms with E-state index in [2.05, 4.69) is 25.6 Å². The van der Waals surface area contributed by atoms with Crippen molar-refractivity contribution in [2.24, 2.45) is 0 Å². The molecule has 3 heterocycles. The Morgan fingerprint density at radius 2 is 1.47 bits per heavy atom. The number of aromatic amines is 1. The van der Waals surface area contributed by atoms with Crippen molar-refractivity contribution >= 4 is 77.3 Å². The van der Waals surface area contributed by atoms with Gasteiger partial charge in [0, 0.05) is 29.5 Å². The van der Waals surface area contributed by atoms with E-state index in [1.54, 1.807) is 41.9 Å². The van der Waals surface area contributed by atoms with Crippen molar-refractivity contribution in [2.75, 3.05) is 24.7 Å². The molecular formula is C35H33N7O3S2. The van der Waals surface area contributed by atoms with E-state index in [-0.39, 0.29) is 18.4 Å². The number of benzene rings is 4. The largest absolute Gasteiger partial charge is 0.484 e.